The quantitative estimate of drug-likeness (QED) is 0.267. The molecule has 0 rings (SSSR count). The molecule has 0 saturated heterocycles. The summed E-state index contributed by atoms with van der Waals surface area (Å²) in [6, 6.07) is 0. The Kier molecular flexibility index (Phi) is 19.7. The van der Waals surface area contributed by atoms with Crippen molar-refractivity contribution in [2.24, 2.45) is 0 Å². The summed E-state index contributed by atoms with van der Waals surface area (Å²) in [6.07, 6.45) is 11.8. The molecule has 2 unspecified atom stereocenters. The standard InChI is InChI=1S/C17H36O4S.K/c1-3-5-6-7-8-9-10-11-13-16(18)14-15-17(12-4-2)22(19,20)21;/h16-18H,3-15H2,1-2H3,(H,19,20,21);/q;+1/p-1. The van der Waals surface area contributed by atoms with E-state index in [1.165, 1.54) is 38.5 Å². The van der Waals surface area contributed by atoms with Gasteiger partial charge in [0.15, 0.2) is 0 Å². The van der Waals surface area contributed by atoms with E-state index in [0.717, 1.165) is 12.8 Å². The molecule has 134 valence electrons. The largest absolute Gasteiger partial charge is 1.00 e. The summed E-state index contributed by atoms with van der Waals surface area (Å²) in [5, 5.41) is 9.08. The molecule has 0 aliphatic heterocycles. The molecule has 4 nitrogen and oxygen atoms in total. The second-order valence-corrected chi connectivity index (χ2v) is 8.05. The van der Waals surface area contributed by atoms with Crippen LogP contribution in [0.1, 0.15) is 97.3 Å². The topological polar surface area (TPSA) is 77.4 Å². The first-order valence-electron chi connectivity index (χ1n) is 9.04. The molecule has 0 spiro atoms. The fourth-order valence-corrected chi connectivity index (χ4v) is 3.74. The minimum absolute atomic E-state index is 0. The van der Waals surface area contributed by atoms with Gasteiger partial charge in [0, 0.05) is 5.25 Å². The van der Waals surface area contributed by atoms with E-state index in [4.69, 9.17) is 0 Å². The molecule has 1 N–H and O–H groups in total. The number of rotatable bonds is 15. The monoisotopic (exact) mass is 374 g/mol. The van der Waals surface area contributed by atoms with Crippen molar-refractivity contribution in [3.63, 3.8) is 0 Å². The van der Waals surface area contributed by atoms with Crippen molar-refractivity contribution in [2.45, 2.75) is 109 Å². The summed E-state index contributed by atoms with van der Waals surface area (Å²) in [6.45, 7) is 4.08. The first kappa shape index (κ1) is 26.7. The number of hydrogen-bond donors (Lipinski definition) is 1. The Morgan fingerprint density at radius 3 is 1.78 bits per heavy atom. The molecule has 0 bridgehead atoms. The molecule has 0 heterocycles. The molecule has 0 saturated carbocycles. The van der Waals surface area contributed by atoms with Crippen LogP contribution in [-0.2, 0) is 10.1 Å². The van der Waals surface area contributed by atoms with Crippen molar-refractivity contribution in [3.8, 4) is 0 Å². The van der Waals surface area contributed by atoms with Crippen molar-refractivity contribution in [2.75, 3.05) is 0 Å². The third kappa shape index (κ3) is 16.7. The molecule has 0 aromatic carbocycles. The average Bonchev–Trinajstić information content (AvgIpc) is 2.45. The van der Waals surface area contributed by atoms with Crippen molar-refractivity contribution >= 4 is 10.1 Å². The van der Waals surface area contributed by atoms with Gasteiger partial charge in [0.1, 0.15) is 0 Å². The Balaban J connectivity index is 0. The molecular weight excluding hydrogens is 339 g/mol. The van der Waals surface area contributed by atoms with Crippen LogP contribution in [0.4, 0.5) is 0 Å². The first-order valence-corrected chi connectivity index (χ1v) is 10.5. The van der Waals surface area contributed by atoms with Crippen molar-refractivity contribution in [1.29, 1.82) is 0 Å². The van der Waals surface area contributed by atoms with E-state index in [1.807, 2.05) is 6.92 Å². The SMILES string of the molecule is CCCCCCCCCCC(O)CCC(CCC)S(=O)(=O)[O-].[K+]. The molecule has 0 aliphatic carbocycles. The van der Waals surface area contributed by atoms with Crippen LogP contribution in [0.2, 0.25) is 0 Å². The van der Waals surface area contributed by atoms with E-state index in [1.54, 1.807) is 0 Å². The zero-order valence-electron chi connectivity index (χ0n) is 15.4. The second kappa shape index (κ2) is 16.9. The summed E-state index contributed by atoms with van der Waals surface area (Å²) in [5.41, 5.74) is 0. The van der Waals surface area contributed by atoms with E-state index >= 15 is 0 Å². The van der Waals surface area contributed by atoms with Gasteiger partial charge in [0.2, 0.25) is 0 Å². The van der Waals surface area contributed by atoms with Gasteiger partial charge in [-0.3, -0.25) is 0 Å². The molecule has 6 heteroatoms. The Morgan fingerprint density at radius 2 is 1.30 bits per heavy atom. The predicted octanol–water partition coefficient (Wildman–Crippen LogP) is 1.38. The van der Waals surface area contributed by atoms with Crippen LogP contribution in [0.25, 0.3) is 0 Å². The van der Waals surface area contributed by atoms with Crippen LogP contribution >= 0.6 is 0 Å². The third-order valence-corrected chi connectivity index (χ3v) is 5.52. The zero-order valence-corrected chi connectivity index (χ0v) is 19.4. The molecule has 0 aromatic rings. The number of aliphatic hydroxyl groups excluding tert-OH is 1. The van der Waals surface area contributed by atoms with Gasteiger partial charge in [-0.1, -0.05) is 71.6 Å². The van der Waals surface area contributed by atoms with Crippen molar-refractivity contribution in [1.82, 2.24) is 0 Å². The van der Waals surface area contributed by atoms with E-state index in [-0.39, 0.29) is 57.8 Å². The van der Waals surface area contributed by atoms with Crippen LogP contribution in [0.3, 0.4) is 0 Å². The van der Waals surface area contributed by atoms with Crippen LogP contribution in [0.5, 0.6) is 0 Å². The van der Waals surface area contributed by atoms with Gasteiger partial charge in [0.25, 0.3) is 0 Å². The maximum absolute atomic E-state index is 11.1. The van der Waals surface area contributed by atoms with Gasteiger partial charge in [-0.05, 0) is 25.7 Å². The second-order valence-electron chi connectivity index (χ2n) is 6.40. The molecule has 0 aliphatic rings. The molecule has 0 fully saturated rings. The smallest absolute Gasteiger partial charge is 0.748 e. The van der Waals surface area contributed by atoms with Crippen molar-refractivity contribution < 1.29 is 69.5 Å². The van der Waals surface area contributed by atoms with Gasteiger partial charge < -0.3 is 9.66 Å². The van der Waals surface area contributed by atoms with Crippen LogP contribution in [0.15, 0.2) is 0 Å². The number of aliphatic hydroxyl groups is 1. The fourth-order valence-electron chi connectivity index (χ4n) is 2.79. The average molecular weight is 375 g/mol. The van der Waals surface area contributed by atoms with Crippen LogP contribution in [-0.4, -0.2) is 29.4 Å². The minimum atomic E-state index is -4.22. The Hall–Kier alpha value is 1.51. The normalized spacial score (nSPS) is 14.3. The van der Waals surface area contributed by atoms with Gasteiger partial charge >= 0.3 is 51.4 Å². The van der Waals surface area contributed by atoms with Gasteiger partial charge in [0.05, 0.1) is 16.2 Å². The maximum atomic E-state index is 11.1. The maximum Gasteiger partial charge on any atom is 1.00 e. The van der Waals surface area contributed by atoms with Gasteiger partial charge in [-0.2, -0.15) is 0 Å². The summed E-state index contributed by atoms with van der Waals surface area (Å²) in [7, 11) is -4.22. The Bertz CT molecular complexity index is 347. The third-order valence-electron chi connectivity index (χ3n) is 4.23. The van der Waals surface area contributed by atoms with E-state index in [9.17, 15) is 18.1 Å². The van der Waals surface area contributed by atoms with Gasteiger partial charge in [-0.25, -0.2) is 8.42 Å². The fraction of sp³-hybridized carbons (Fsp3) is 1.00. The predicted molar refractivity (Wildman–Crippen MR) is 90.9 cm³/mol. The van der Waals surface area contributed by atoms with Crippen molar-refractivity contribution in [3.05, 3.63) is 0 Å². The Labute approximate surface area is 186 Å². The summed E-state index contributed by atoms with van der Waals surface area (Å²) in [4.78, 5) is 0. The number of unbranched alkanes of at least 4 members (excludes halogenated alkanes) is 7. The van der Waals surface area contributed by atoms with Crippen LogP contribution < -0.4 is 51.4 Å². The number of hydrogen-bond acceptors (Lipinski definition) is 4. The minimum Gasteiger partial charge on any atom is -0.748 e. The summed E-state index contributed by atoms with van der Waals surface area (Å²) in [5.74, 6) is 0. The van der Waals surface area contributed by atoms with Gasteiger partial charge in [-0.15, -0.1) is 0 Å². The molecule has 0 radical (unpaired) electrons. The molecular formula is C17H35KO4S. The van der Waals surface area contributed by atoms with E-state index < -0.39 is 21.5 Å². The molecule has 0 amide bonds. The molecule has 2 atom stereocenters. The van der Waals surface area contributed by atoms with E-state index in [2.05, 4.69) is 6.92 Å². The molecule has 0 aromatic heterocycles. The molecule has 23 heavy (non-hydrogen) atoms. The summed E-state index contributed by atoms with van der Waals surface area (Å²) < 4.78 is 33.3. The van der Waals surface area contributed by atoms with E-state index in [0.29, 0.717) is 25.7 Å². The summed E-state index contributed by atoms with van der Waals surface area (Å²) >= 11 is 0. The zero-order chi connectivity index (χ0) is 16.8. The first-order chi connectivity index (χ1) is 10.4. The Morgan fingerprint density at radius 1 is 0.783 bits per heavy atom. The van der Waals surface area contributed by atoms with Crippen LogP contribution in [0, 0.1) is 0 Å².